The van der Waals surface area contributed by atoms with Crippen molar-refractivity contribution < 1.29 is 4.74 Å². The largest absolute Gasteiger partial charge is 0.487 e. The van der Waals surface area contributed by atoms with Gasteiger partial charge in [0.25, 0.3) is 0 Å². The first-order valence-electron chi connectivity index (χ1n) is 8.62. The van der Waals surface area contributed by atoms with E-state index in [4.69, 9.17) is 4.74 Å². The molecule has 0 radical (unpaired) electrons. The number of thiazole rings is 1. The van der Waals surface area contributed by atoms with Crippen molar-refractivity contribution in [2.45, 2.75) is 19.7 Å². The Hall–Kier alpha value is -3.03. The van der Waals surface area contributed by atoms with Crippen LogP contribution in [0.25, 0.3) is 5.69 Å². The summed E-state index contributed by atoms with van der Waals surface area (Å²) in [4.78, 5) is 4.21. The summed E-state index contributed by atoms with van der Waals surface area (Å²) in [5.41, 5.74) is 5.00. The molecule has 136 valence electrons. The van der Waals surface area contributed by atoms with Crippen LogP contribution in [-0.4, -0.2) is 19.7 Å². The summed E-state index contributed by atoms with van der Waals surface area (Å²) in [5, 5.41) is 13.6. The van der Waals surface area contributed by atoms with Crippen molar-refractivity contribution in [3.05, 3.63) is 88.9 Å². The normalized spacial score (nSPS) is 10.8. The first kappa shape index (κ1) is 17.4. The molecule has 27 heavy (non-hydrogen) atoms. The van der Waals surface area contributed by atoms with Gasteiger partial charge in [-0.1, -0.05) is 30.3 Å². The summed E-state index contributed by atoms with van der Waals surface area (Å²) in [6.07, 6.45) is 1.74. The number of nitrogens with zero attached hydrogens (tertiary/aromatic N) is 4. The van der Waals surface area contributed by atoms with E-state index in [2.05, 4.69) is 32.6 Å². The molecule has 0 aliphatic heterocycles. The van der Waals surface area contributed by atoms with Crippen molar-refractivity contribution >= 4 is 11.3 Å². The average Bonchev–Trinajstić information content (AvgIpc) is 3.40. The third kappa shape index (κ3) is 4.58. The maximum Gasteiger partial charge on any atom is 0.151 e. The first-order chi connectivity index (χ1) is 13.4. The molecule has 0 aliphatic carbocycles. The summed E-state index contributed by atoms with van der Waals surface area (Å²) < 4.78 is 7.72. The molecule has 4 rings (SSSR count). The van der Waals surface area contributed by atoms with Crippen molar-refractivity contribution in [3.8, 4) is 11.4 Å². The predicted molar refractivity (Wildman–Crippen MR) is 105 cm³/mol. The quantitative estimate of drug-likeness (QED) is 0.508. The van der Waals surface area contributed by atoms with Crippen molar-refractivity contribution in [2.75, 3.05) is 0 Å². The van der Waals surface area contributed by atoms with Gasteiger partial charge < -0.3 is 10.1 Å². The van der Waals surface area contributed by atoms with E-state index in [0.717, 1.165) is 29.5 Å². The molecule has 1 N–H and O–H groups in total. The van der Waals surface area contributed by atoms with E-state index >= 15 is 0 Å². The van der Waals surface area contributed by atoms with Gasteiger partial charge in [0.05, 0.1) is 17.7 Å². The zero-order valence-corrected chi connectivity index (χ0v) is 15.5. The van der Waals surface area contributed by atoms with Crippen LogP contribution in [0.15, 0.2) is 71.8 Å². The fraction of sp³-hybridized carbons (Fsp3) is 0.150. The minimum atomic E-state index is 0.496. The number of ether oxygens (including phenoxy) is 1. The first-order valence-corrected chi connectivity index (χ1v) is 9.56. The molecule has 2 aromatic heterocycles. The van der Waals surface area contributed by atoms with E-state index in [1.807, 2.05) is 57.9 Å². The number of hydrogen-bond donors (Lipinski definition) is 1. The average molecular weight is 377 g/mol. The number of para-hydroxylation sites is 1. The van der Waals surface area contributed by atoms with Crippen LogP contribution < -0.4 is 10.1 Å². The van der Waals surface area contributed by atoms with E-state index in [1.54, 1.807) is 17.7 Å². The summed E-state index contributed by atoms with van der Waals surface area (Å²) in [6.45, 7) is 1.88. The molecular weight excluding hydrogens is 358 g/mol. The van der Waals surface area contributed by atoms with Crippen LogP contribution in [0, 0.1) is 0 Å². The highest BCUT2D eigenvalue weighted by Gasteiger charge is 2.06. The third-order valence-corrected chi connectivity index (χ3v) is 4.69. The second kappa shape index (κ2) is 8.57. The molecule has 0 aliphatic rings. The standard InChI is InChI=1S/C20H19N5OS/c1-2-4-18(5-3-1)25-14-23-24-20(25)11-21-10-16-6-8-19(9-7-16)26-12-17-13-27-15-22-17/h1-9,13-15,21H,10-12H2. The molecule has 0 saturated heterocycles. The summed E-state index contributed by atoms with van der Waals surface area (Å²) in [6, 6.07) is 18.2. The fourth-order valence-electron chi connectivity index (χ4n) is 2.67. The highest BCUT2D eigenvalue weighted by molar-refractivity contribution is 7.07. The Bertz CT molecular complexity index is 952. The van der Waals surface area contributed by atoms with Crippen molar-refractivity contribution in [3.63, 3.8) is 0 Å². The summed E-state index contributed by atoms with van der Waals surface area (Å²) in [5.74, 6) is 1.72. The molecule has 0 unspecified atom stereocenters. The summed E-state index contributed by atoms with van der Waals surface area (Å²) in [7, 11) is 0. The van der Waals surface area contributed by atoms with Crippen LogP contribution in [0.4, 0.5) is 0 Å². The van der Waals surface area contributed by atoms with Crippen LogP contribution in [0.3, 0.4) is 0 Å². The highest BCUT2D eigenvalue weighted by Crippen LogP contribution is 2.15. The maximum atomic E-state index is 5.74. The van der Waals surface area contributed by atoms with Crippen LogP contribution in [0.1, 0.15) is 17.1 Å². The number of aromatic nitrogens is 4. The lowest BCUT2D eigenvalue weighted by Gasteiger charge is -2.09. The molecule has 7 heteroatoms. The van der Waals surface area contributed by atoms with E-state index in [0.29, 0.717) is 13.2 Å². The molecule has 0 amide bonds. The zero-order valence-electron chi connectivity index (χ0n) is 14.7. The van der Waals surface area contributed by atoms with Gasteiger partial charge in [0, 0.05) is 17.6 Å². The molecule has 0 fully saturated rings. The number of rotatable bonds is 8. The van der Waals surface area contributed by atoms with Gasteiger partial charge in [-0.15, -0.1) is 21.5 Å². The topological polar surface area (TPSA) is 64.9 Å². The molecule has 4 aromatic rings. The van der Waals surface area contributed by atoms with Gasteiger partial charge in [-0.3, -0.25) is 4.57 Å². The maximum absolute atomic E-state index is 5.74. The lowest BCUT2D eigenvalue weighted by Crippen LogP contribution is -2.16. The van der Waals surface area contributed by atoms with Crippen LogP contribution in [-0.2, 0) is 19.7 Å². The van der Waals surface area contributed by atoms with E-state index < -0.39 is 0 Å². The lowest BCUT2D eigenvalue weighted by atomic mass is 10.2. The summed E-state index contributed by atoms with van der Waals surface area (Å²) >= 11 is 1.57. The Morgan fingerprint density at radius 3 is 2.63 bits per heavy atom. The van der Waals surface area contributed by atoms with Gasteiger partial charge >= 0.3 is 0 Å². The molecule has 0 atom stereocenters. The van der Waals surface area contributed by atoms with Crippen molar-refractivity contribution in [2.24, 2.45) is 0 Å². The number of hydrogen-bond acceptors (Lipinski definition) is 6. The second-order valence-corrected chi connectivity index (χ2v) is 6.69. The van der Waals surface area contributed by atoms with Gasteiger partial charge in [0.2, 0.25) is 0 Å². The van der Waals surface area contributed by atoms with Crippen LogP contribution in [0.2, 0.25) is 0 Å². The molecule has 0 saturated carbocycles. The molecule has 6 nitrogen and oxygen atoms in total. The van der Waals surface area contributed by atoms with Gasteiger partial charge in [0.15, 0.2) is 5.82 Å². The zero-order chi connectivity index (χ0) is 18.3. The SMILES string of the molecule is c1ccc(-n2cnnc2CNCc2ccc(OCc3cscn3)cc2)cc1. The van der Waals surface area contributed by atoms with E-state index in [9.17, 15) is 0 Å². The molecule has 2 aromatic carbocycles. The Labute approximate surface area is 161 Å². The Kier molecular flexibility index (Phi) is 5.52. The minimum Gasteiger partial charge on any atom is -0.487 e. The lowest BCUT2D eigenvalue weighted by molar-refractivity contribution is 0.302. The number of benzene rings is 2. The van der Waals surface area contributed by atoms with Gasteiger partial charge in [-0.25, -0.2) is 4.98 Å². The van der Waals surface area contributed by atoms with Crippen LogP contribution >= 0.6 is 11.3 Å². The Morgan fingerprint density at radius 1 is 1.00 bits per heavy atom. The van der Waals surface area contributed by atoms with Gasteiger partial charge in [-0.2, -0.15) is 0 Å². The minimum absolute atomic E-state index is 0.496. The smallest absolute Gasteiger partial charge is 0.151 e. The molecule has 2 heterocycles. The van der Waals surface area contributed by atoms with Crippen molar-refractivity contribution in [1.82, 2.24) is 25.1 Å². The highest BCUT2D eigenvalue weighted by atomic mass is 32.1. The fourth-order valence-corrected chi connectivity index (χ4v) is 3.22. The Morgan fingerprint density at radius 2 is 1.85 bits per heavy atom. The van der Waals surface area contributed by atoms with Gasteiger partial charge in [0.1, 0.15) is 18.7 Å². The monoisotopic (exact) mass is 377 g/mol. The Balaban J connectivity index is 1.29. The molecule has 0 bridgehead atoms. The van der Waals surface area contributed by atoms with Gasteiger partial charge in [-0.05, 0) is 29.8 Å². The van der Waals surface area contributed by atoms with Crippen LogP contribution in [0.5, 0.6) is 5.75 Å². The third-order valence-electron chi connectivity index (χ3n) is 4.06. The number of nitrogens with one attached hydrogen (secondary N) is 1. The predicted octanol–water partition coefficient (Wildman–Crippen LogP) is 3.59. The second-order valence-electron chi connectivity index (χ2n) is 5.97. The van der Waals surface area contributed by atoms with E-state index in [1.165, 1.54) is 5.56 Å². The van der Waals surface area contributed by atoms with Crippen molar-refractivity contribution in [1.29, 1.82) is 0 Å². The van der Waals surface area contributed by atoms with E-state index in [-0.39, 0.29) is 0 Å². The molecule has 0 spiro atoms. The molecular formula is C20H19N5OS.